The Morgan fingerprint density at radius 2 is 2.05 bits per heavy atom. The van der Waals surface area contributed by atoms with Gasteiger partial charge < -0.3 is 10.5 Å². The van der Waals surface area contributed by atoms with Crippen molar-refractivity contribution in [1.29, 1.82) is 5.26 Å². The van der Waals surface area contributed by atoms with Crippen LogP contribution in [0.5, 0.6) is 0 Å². The number of carbonyl (C=O) groups excluding carboxylic acids is 1. The molecule has 21 heavy (non-hydrogen) atoms. The van der Waals surface area contributed by atoms with Crippen LogP contribution in [0.15, 0.2) is 53.7 Å². The molecule has 1 amide bonds. The predicted molar refractivity (Wildman–Crippen MR) is 80.5 cm³/mol. The minimum Gasteiger partial charge on any atom is -0.618 e. The third kappa shape index (κ3) is 3.97. The van der Waals surface area contributed by atoms with Gasteiger partial charge >= 0.3 is 0 Å². The van der Waals surface area contributed by atoms with Gasteiger partial charge in [-0.05, 0) is 49.0 Å². The molecule has 0 saturated carbocycles. The Hall–Kier alpha value is -2.52. The monoisotopic (exact) mass is 299 g/mol. The summed E-state index contributed by atoms with van der Waals surface area (Å²) in [5.41, 5.74) is 1.15. The SMILES string of the molecule is C[C@@H](Sc1cccc[n+]1[O-])C(=O)Nc1ccc(C#N)cc1. The highest BCUT2D eigenvalue weighted by atomic mass is 32.2. The summed E-state index contributed by atoms with van der Waals surface area (Å²) < 4.78 is 0.732. The highest BCUT2D eigenvalue weighted by Gasteiger charge is 2.18. The van der Waals surface area contributed by atoms with Crippen LogP contribution in [0.1, 0.15) is 12.5 Å². The number of nitrogens with one attached hydrogen (secondary N) is 1. The van der Waals surface area contributed by atoms with Crippen molar-refractivity contribution in [3.63, 3.8) is 0 Å². The smallest absolute Gasteiger partial charge is 0.252 e. The summed E-state index contributed by atoms with van der Waals surface area (Å²) in [4.78, 5) is 12.1. The van der Waals surface area contributed by atoms with Crippen LogP contribution in [0.4, 0.5) is 5.69 Å². The van der Waals surface area contributed by atoms with Gasteiger partial charge in [-0.3, -0.25) is 4.79 Å². The van der Waals surface area contributed by atoms with Crippen molar-refractivity contribution in [2.45, 2.75) is 17.2 Å². The molecule has 0 saturated heterocycles. The lowest BCUT2D eigenvalue weighted by molar-refractivity contribution is -0.645. The van der Waals surface area contributed by atoms with Crippen LogP contribution in [0.3, 0.4) is 0 Å². The number of nitriles is 1. The molecule has 1 heterocycles. The van der Waals surface area contributed by atoms with Gasteiger partial charge in [0, 0.05) is 17.8 Å². The van der Waals surface area contributed by atoms with E-state index in [2.05, 4.69) is 5.32 Å². The molecule has 1 atom stereocenters. The summed E-state index contributed by atoms with van der Waals surface area (Å²) in [6, 6.07) is 13.7. The number of hydrogen-bond donors (Lipinski definition) is 1. The van der Waals surface area contributed by atoms with Crippen molar-refractivity contribution in [3.8, 4) is 6.07 Å². The molecule has 0 fully saturated rings. The molecule has 5 nitrogen and oxygen atoms in total. The number of aromatic nitrogens is 1. The summed E-state index contributed by atoms with van der Waals surface area (Å²) >= 11 is 1.19. The Bertz CT molecular complexity index is 680. The summed E-state index contributed by atoms with van der Waals surface area (Å²) in [5.74, 6) is -0.200. The van der Waals surface area contributed by atoms with Crippen molar-refractivity contribution in [3.05, 3.63) is 59.4 Å². The normalized spacial score (nSPS) is 11.4. The van der Waals surface area contributed by atoms with E-state index in [-0.39, 0.29) is 5.91 Å². The highest BCUT2D eigenvalue weighted by Crippen LogP contribution is 2.21. The number of thioether (sulfide) groups is 1. The first kappa shape index (κ1) is 14.9. The van der Waals surface area contributed by atoms with Crippen LogP contribution in [-0.4, -0.2) is 11.2 Å². The van der Waals surface area contributed by atoms with E-state index in [1.54, 1.807) is 49.4 Å². The Kier molecular flexibility index (Phi) is 4.80. The zero-order chi connectivity index (χ0) is 15.2. The predicted octanol–water partition coefficient (Wildman–Crippen LogP) is 2.31. The van der Waals surface area contributed by atoms with E-state index < -0.39 is 5.25 Å². The maximum atomic E-state index is 12.1. The summed E-state index contributed by atoms with van der Waals surface area (Å²) in [5, 5.41) is 23.1. The molecule has 0 radical (unpaired) electrons. The minimum absolute atomic E-state index is 0.200. The van der Waals surface area contributed by atoms with Gasteiger partial charge in [-0.1, -0.05) is 0 Å². The second-order valence-corrected chi connectivity index (χ2v) is 5.66. The van der Waals surface area contributed by atoms with Crippen LogP contribution >= 0.6 is 11.8 Å². The summed E-state index contributed by atoms with van der Waals surface area (Å²) in [6.45, 7) is 1.73. The number of rotatable bonds is 4. The van der Waals surface area contributed by atoms with Crippen LogP contribution in [0.25, 0.3) is 0 Å². The lowest BCUT2D eigenvalue weighted by atomic mass is 10.2. The molecule has 1 N–H and O–H groups in total. The minimum atomic E-state index is -0.414. The number of hydrogen-bond acceptors (Lipinski definition) is 4. The molecular formula is C15H13N3O2S. The van der Waals surface area contributed by atoms with E-state index in [0.29, 0.717) is 16.3 Å². The number of pyridine rings is 1. The molecule has 1 aromatic carbocycles. The number of anilines is 1. The average molecular weight is 299 g/mol. The fourth-order valence-corrected chi connectivity index (χ4v) is 2.46. The lowest BCUT2D eigenvalue weighted by Crippen LogP contribution is -2.30. The molecule has 106 valence electrons. The third-order valence-electron chi connectivity index (χ3n) is 2.74. The highest BCUT2D eigenvalue weighted by molar-refractivity contribution is 8.00. The van der Waals surface area contributed by atoms with E-state index >= 15 is 0 Å². The molecule has 0 aliphatic heterocycles. The van der Waals surface area contributed by atoms with Crippen molar-refractivity contribution < 1.29 is 9.52 Å². The Morgan fingerprint density at radius 1 is 1.33 bits per heavy atom. The standard InChI is InChI=1S/C15H13N3O2S/c1-11(21-14-4-2-3-9-18(14)20)15(19)17-13-7-5-12(10-16)6-8-13/h2-9,11H,1H3,(H,17,19)/t11-/m1/s1. The van der Waals surface area contributed by atoms with Crippen molar-refractivity contribution >= 4 is 23.4 Å². The van der Waals surface area contributed by atoms with Gasteiger partial charge in [-0.25, -0.2) is 0 Å². The van der Waals surface area contributed by atoms with E-state index in [9.17, 15) is 10.0 Å². The van der Waals surface area contributed by atoms with E-state index in [4.69, 9.17) is 5.26 Å². The molecule has 0 aliphatic carbocycles. The lowest BCUT2D eigenvalue weighted by Gasteiger charge is -2.11. The molecule has 0 aliphatic rings. The Labute approximate surface area is 126 Å². The Balaban J connectivity index is 1.99. The van der Waals surface area contributed by atoms with Crippen molar-refractivity contribution in [1.82, 2.24) is 0 Å². The van der Waals surface area contributed by atoms with Gasteiger partial charge in [0.2, 0.25) is 5.91 Å². The molecule has 1 aromatic heterocycles. The number of amides is 1. The number of benzene rings is 1. The maximum absolute atomic E-state index is 12.1. The molecule has 0 spiro atoms. The average Bonchev–Trinajstić information content (AvgIpc) is 2.50. The number of carbonyl (C=O) groups is 1. The summed E-state index contributed by atoms with van der Waals surface area (Å²) in [6.07, 6.45) is 1.40. The van der Waals surface area contributed by atoms with Crippen LogP contribution in [0, 0.1) is 16.5 Å². The van der Waals surface area contributed by atoms with Gasteiger partial charge in [-0.15, -0.1) is 0 Å². The van der Waals surface area contributed by atoms with Gasteiger partial charge in [0.25, 0.3) is 5.03 Å². The third-order valence-corrected chi connectivity index (χ3v) is 3.86. The van der Waals surface area contributed by atoms with Crippen LogP contribution < -0.4 is 10.0 Å². The maximum Gasteiger partial charge on any atom is 0.252 e. The first-order valence-corrected chi connectivity index (χ1v) is 7.14. The van der Waals surface area contributed by atoms with Crippen molar-refractivity contribution in [2.24, 2.45) is 0 Å². The first-order chi connectivity index (χ1) is 10.1. The molecule has 0 bridgehead atoms. The zero-order valence-corrected chi connectivity index (χ0v) is 12.1. The largest absolute Gasteiger partial charge is 0.618 e. The quantitative estimate of drug-likeness (QED) is 0.534. The second kappa shape index (κ2) is 6.77. The zero-order valence-electron chi connectivity index (χ0n) is 11.3. The Morgan fingerprint density at radius 3 is 2.67 bits per heavy atom. The first-order valence-electron chi connectivity index (χ1n) is 6.26. The van der Waals surface area contributed by atoms with Gasteiger partial charge in [0.05, 0.1) is 16.9 Å². The van der Waals surface area contributed by atoms with E-state index in [0.717, 1.165) is 4.73 Å². The van der Waals surface area contributed by atoms with Crippen LogP contribution in [0.2, 0.25) is 0 Å². The fraction of sp³-hybridized carbons (Fsp3) is 0.133. The van der Waals surface area contributed by atoms with Gasteiger partial charge in [0.15, 0.2) is 6.20 Å². The molecule has 6 heteroatoms. The van der Waals surface area contributed by atoms with E-state index in [1.165, 1.54) is 18.0 Å². The fourth-order valence-electron chi connectivity index (χ4n) is 1.61. The second-order valence-electron chi connectivity index (χ2n) is 4.30. The van der Waals surface area contributed by atoms with Crippen LogP contribution in [-0.2, 0) is 4.79 Å². The molecule has 2 aromatic rings. The summed E-state index contributed by atoms with van der Waals surface area (Å²) in [7, 11) is 0. The number of nitrogens with zero attached hydrogens (tertiary/aromatic N) is 2. The van der Waals surface area contributed by atoms with Gasteiger partial charge in [0.1, 0.15) is 0 Å². The van der Waals surface area contributed by atoms with E-state index in [1.807, 2.05) is 6.07 Å². The molecule has 0 unspecified atom stereocenters. The van der Waals surface area contributed by atoms with Gasteiger partial charge in [-0.2, -0.15) is 9.99 Å². The van der Waals surface area contributed by atoms with Crippen molar-refractivity contribution in [2.75, 3.05) is 5.32 Å². The molecule has 2 rings (SSSR count). The molecular weight excluding hydrogens is 286 g/mol. The topological polar surface area (TPSA) is 79.8 Å².